The number of thiophene rings is 1. The Morgan fingerprint density at radius 2 is 2.25 bits per heavy atom. The number of aromatic nitrogens is 4. The molecule has 3 aromatic rings. The number of H-pyrrole nitrogens is 1. The first-order chi connectivity index (χ1) is 11.7. The number of ether oxygens (including phenoxy) is 1. The molecule has 1 unspecified atom stereocenters. The Balaban J connectivity index is 1.77. The average Bonchev–Trinajstić information content (AvgIpc) is 3.19. The quantitative estimate of drug-likeness (QED) is 0.786. The molecule has 0 bridgehead atoms. The van der Waals surface area contributed by atoms with Crippen LogP contribution in [0.25, 0.3) is 10.2 Å². The van der Waals surface area contributed by atoms with Crippen molar-refractivity contribution in [1.82, 2.24) is 19.9 Å². The lowest BCUT2D eigenvalue weighted by Gasteiger charge is -2.25. The standard InChI is InChI=1S/C16H17N5O2S/c1-9-6-10-14(18-8-19-16(10)24-9)21-5-3-4-11(21)13-17-7-12(23-2)15(22)20-13/h6-8,11H,3-5H2,1-2H3,(H,17,20,22). The zero-order valence-electron chi connectivity index (χ0n) is 13.4. The second-order valence-corrected chi connectivity index (χ2v) is 7.03. The topological polar surface area (TPSA) is 84.0 Å². The highest BCUT2D eigenvalue weighted by Crippen LogP contribution is 2.38. The third-order valence-electron chi connectivity index (χ3n) is 4.28. The van der Waals surface area contributed by atoms with Crippen LogP contribution in [-0.4, -0.2) is 33.6 Å². The number of methoxy groups -OCH3 is 1. The molecule has 124 valence electrons. The van der Waals surface area contributed by atoms with Crippen LogP contribution in [0.5, 0.6) is 5.75 Å². The van der Waals surface area contributed by atoms with Crippen molar-refractivity contribution < 1.29 is 4.74 Å². The summed E-state index contributed by atoms with van der Waals surface area (Å²) in [6.45, 7) is 2.95. The second kappa shape index (κ2) is 5.86. The Hall–Kier alpha value is -2.48. The highest BCUT2D eigenvalue weighted by atomic mass is 32.1. The third-order valence-corrected chi connectivity index (χ3v) is 5.24. The van der Waals surface area contributed by atoms with Crippen LogP contribution >= 0.6 is 11.3 Å². The van der Waals surface area contributed by atoms with Gasteiger partial charge in [-0.1, -0.05) is 0 Å². The molecular weight excluding hydrogens is 326 g/mol. The van der Waals surface area contributed by atoms with Gasteiger partial charge in [0.25, 0.3) is 5.56 Å². The van der Waals surface area contributed by atoms with Crippen molar-refractivity contribution in [1.29, 1.82) is 0 Å². The molecule has 1 aliphatic heterocycles. The van der Waals surface area contributed by atoms with Gasteiger partial charge in [0.05, 0.1) is 24.7 Å². The number of hydrogen-bond acceptors (Lipinski definition) is 7. The number of aromatic amines is 1. The summed E-state index contributed by atoms with van der Waals surface area (Å²) in [6.07, 6.45) is 5.03. The van der Waals surface area contributed by atoms with Crippen molar-refractivity contribution in [2.24, 2.45) is 0 Å². The van der Waals surface area contributed by atoms with Gasteiger partial charge in [-0.15, -0.1) is 11.3 Å². The minimum Gasteiger partial charge on any atom is -0.490 e. The lowest BCUT2D eigenvalue weighted by atomic mass is 10.2. The van der Waals surface area contributed by atoms with Crippen molar-refractivity contribution in [2.75, 3.05) is 18.6 Å². The van der Waals surface area contributed by atoms with Gasteiger partial charge >= 0.3 is 0 Å². The molecule has 4 heterocycles. The van der Waals surface area contributed by atoms with Crippen molar-refractivity contribution in [3.05, 3.63) is 39.6 Å². The maximum absolute atomic E-state index is 12.0. The molecule has 24 heavy (non-hydrogen) atoms. The van der Waals surface area contributed by atoms with Gasteiger partial charge in [-0.05, 0) is 25.8 Å². The summed E-state index contributed by atoms with van der Waals surface area (Å²) in [4.78, 5) is 32.5. The molecule has 1 aliphatic rings. The van der Waals surface area contributed by atoms with Gasteiger partial charge in [0.15, 0.2) is 0 Å². The number of nitrogens with zero attached hydrogens (tertiary/aromatic N) is 4. The highest BCUT2D eigenvalue weighted by molar-refractivity contribution is 7.18. The van der Waals surface area contributed by atoms with E-state index < -0.39 is 0 Å². The van der Waals surface area contributed by atoms with Gasteiger partial charge in [-0.25, -0.2) is 15.0 Å². The Bertz CT molecular complexity index is 951. The molecule has 0 radical (unpaired) electrons. The van der Waals surface area contributed by atoms with E-state index in [1.54, 1.807) is 17.7 Å². The molecular formula is C16H17N5O2S. The molecule has 0 aromatic carbocycles. The molecule has 0 aliphatic carbocycles. The van der Waals surface area contributed by atoms with E-state index in [-0.39, 0.29) is 17.4 Å². The maximum Gasteiger partial charge on any atom is 0.293 e. The van der Waals surface area contributed by atoms with Gasteiger partial charge in [0.2, 0.25) is 5.75 Å². The van der Waals surface area contributed by atoms with Crippen molar-refractivity contribution >= 4 is 27.4 Å². The average molecular weight is 343 g/mol. The zero-order chi connectivity index (χ0) is 16.7. The second-order valence-electron chi connectivity index (χ2n) is 5.79. The van der Waals surface area contributed by atoms with E-state index in [0.29, 0.717) is 5.82 Å². The largest absolute Gasteiger partial charge is 0.490 e. The lowest BCUT2D eigenvalue weighted by molar-refractivity contribution is 0.404. The van der Waals surface area contributed by atoms with Crippen molar-refractivity contribution in [3.63, 3.8) is 0 Å². The fourth-order valence-corrected chi connectivity index (χ4v) is 4.05. The van der Waals surface area contributed by atoms with Gasteiger partial charge < -0.3 is 14.6 Å². The lowest BCUT2D eigenvalue weighted by Crippen LogP contribution is -2.27. The number of fused-ring (bicyclic) bond motifs is 1. The predicted molar refractivity (Wildman–Crippen MR) is 92.9 cm³/mol. The van der Waals surface area contributed by atoms with Gasteiger partial charge in [-0.2, -0.15) is 0 Å². The van der Waals surface area contributed by atoms with E-state index >= 15 is 0 Å². The maximum atomic E-state index is 12.0. The van der Waals surface area contributed by atoms with Crippen LogP contribution in [0.15, 0.2) is 23.4 Å². The number of aryl methyl sites for hydroxylation is 1. The van der Waals surface area contributed by atoms with Crippen LogP contribution in [0.4, 0.5) is 5.82 Å². The Morgan fingerprint density at radius 1 is 1.38 bits per heavy atom. The van der Waals surface area contributed by atoms with E-state index in [0.717, 1.165) is 35.4 Å². The van der Waals surface area contributed by atoms with E-state index in [2.05, 4.69) is 37.8 Å². The molecule has 3 aromatic heterocycles. The molecule has 0 saturated carbocycles. The summed E-state index contributed by atoms with van der Waals surface area (Å²) in [6, 6.07) is 2.12. The first-order valence-electron chi connectivity index (χ1n) is 7.78. The summed E-state index contributed by atoms with van der Waals surface area (Å²) < 4.78 is 5.00. The van der Waals surface area contributed by atoms with Crippen LogP contribution < -0.4 is 15.2 Å². The number of anilines is 1. The van der Waals surface area contributed by atoms with Crippen molar-refractivity contribution in [3.8, 4) is 5.75 Å². The number of hydrogen-bond donors (Lipinski definition) is 1. The van der Waals surface area contributed by atoms with E-state index in [4.69, 9.17) is 4.74 Å². The SMILES string of the molecule is COc1cnc(C2CCCN2c2ncnc3sc(C)cc23)[nH]c1=O. The summed E-state index contributed by atoms with van der Waals surface area (Å²) in [5.74, 6) is 1.78. The zero-order valence-corrected chi connectivity index (χ0v) is 14.3. The Kier molecular flexibility index (Phi) is 3.68. The molecule has 8 heteroatoms. The minimum atomic E-state index is -0.256. The van der Waals surface area contributed by atoms with Gasteiger partial charge in [0, 0.05) is 11.4 Å². The first kappa shape index (κ1) is 15.1. The van der Waals surface area contributed by atoms with Crippen LogP contribution in [0, 0.1) is 6.92 Å². The summed E-state index contributed by atoms with van der Waals surface area (Å²) in [7, 11) is 1.46. The minimum absolute atomic E-state index is 0.00177. The smallest absolute Gasteiger partial charge is 0.293 e. The fourth-order valence-electron chi connectivity index (χ4n) is 3.21. The van der Waals surface area contributed by atoms with Gasteiger partial charge in [0.1, 0.15) is 22.8 Å². The summed E-state index contributed by atoms with van der Waals surface area (Å²) >= 11 is 1.66. The number of rotatable bonds is 3. The molecule has 1 saturated heterocycles. The molecule has 1 fully saturated rings. The van der Waals surface area contributed by atoms with Crippen LogP contribution in [0.2, 0.25) is 0 Å². The highest BCUT2D eigenvalue weighted by Gasteiger charge is 2.30. The van der Waals surface area contributed by atoms with Crippen molar-refractivity contribution in [2.45, 2.75) is 25.8 Å². The monoisotopic (exact) mass is 343 g/mol. The molecule has 7 nitrogen and oxygen atoms in total. The summed E-state index contributed by atoms with van der Waals surface area (Å²) in [5.41, 5.74) is -0.256. The van der Waals surface area contributed by atoms with Gasteiger partial charge in [-0.3, -0.25) is 4.79 Å². The Morgan fingerprint density at radius 3 is 3.04 bits per heavy atom. The van der Waals surface area contributed by atoms with Crippen LogP contribution in [-0.2, 0) is 0 Å². The summed E-state index contributed by atoms with van der Waals surface area (Å²) in [5, 5.41) is 1.06. The normalized spacial score (nSPS) is 17.6. The van der Waals surface area contributed by atoms with Crippen LogP contribution in [0.1, 0.15) is 29.6 Å². The first-order valence-corrected chi connectivity index (χ1v) is 8.60. The fraction of sp³-hybridized carbons (Fsp3) is 0.375. The van der Waals surface area contributed by atoms with E-state index in [1.165, 1.54) is 18.2 Å². The Labute approximate surface area is 142 Å². The molecule has 0 amide bonds. The van der Waals surface area contributed by atoms with E-state index in [9.17, 15) is 4.79 Å². The molecule has 1 N–H and O–H groups in total. The van der Waals surface area contributed by atoms with E-state index in [1.807, 2.05) is 0 Å². The molecule has 0 spiro atoms. The third kappa shape index (κ3) is 2.43. The number of nitrogens with one attached hydrogen (secondary N) is 1. The predicted octanol–water partition coefficient (Wildman–Crippen LogP) is 2.43. The van der Waals surface area contributed by atoms with Crippen LogP contribution in [0.3, 0.4) is 0 Å². The molecule has 4 rings (SSSR count). The molecule has 1 atom stereocenters.